The molecule has 1 aliphatic heterocycles. The fraction of sp³-hybridized carbons (Fsp3) is 0.381. The molecule has 0 aliphatic carbocycles. The molecule has 27 heavy (non-hydrogen) atoms. The van der Waals surface area contributed by atoms with Gasteiger partial charge in [-0.2, -0.15) is 0 Å². The Bertz CT molecular complexity index is 831. The van der Waals surface area contributed by atoms with Gasteiger partial charge in [-0.1, -0.05) is 6.07 Å². The molecule has 0 saturated carbocycles. The molecular weight excluding hydrogens is 350 g/mol. The van der Waals surface area contributed by atoms with E-state index in [0.29, 0.717) is 30.3 Å². The summed E-state index contributed by atoms with van der Waals surface area (Å²) in [5, 5.41) is 0. The van der Waals surface area contributed by atoms with E-state index in [1.807, 2.05) is 6.92 Å². The molecule has 1 amide bonds. The summed E-state index contributed by atoms with van der Waals surface area (Å²) in [6, 6.07) is 8.67. The van der Waals surface area contributed by atoms with Gasteiger partial charge in [0.05, 0.1) is 12.7 Å². The molecule has 1 atom stereocenters. The van der Waals surface area contributed by atoms with E-state index < -0.39 is 11.6 Å². The van der Waals surface area contributed by atoms with Crippen LogP contribution in [0.15, 0.2) is 36.4 Å². The summed E-state index contributed by atoms with van der Waals surface area (Å²) in [5.74, 6) is -0.719. The molecule has 4 nitrogen and oxygen atoms in total. The van der Waals surface area contributed by atoms with Crippen molar-refractivity contribution >= 4 is 5.91 Å². The number of hydrogen-bond donors (Lipinski definition) is 1. The highest BCUT2D eigenvalue weighted by atomic mass is 19.1. The first-order chi connectivity index (χ1) is 12.9. The number of methoxy groups -OCH3 is 1. The summed E-state index contributed by atoms with van der Waals surface area (Å²) in [7, 11) is 1.45. The van der Waals surface area contributed by atoms with Crippen molar-refractivity contribution in [2.24, 2.45) is 11.7 Å². The third-order valence-corrected chi connectivity index (χ3v) is 5.26. The smallest absolute Gasteiger partial charge is 0.256 e. The number of amides is 1. The lowest BCUT2D eigenvalue weighted by Gasteiger charge is -2.33. The number of carbonyl (C=O) groups excluding carboxylic acids is 1. The predicted molar refractivity (Wildman–Crippen MR) is 101 cm³/mol. The Morgan fingerprint density at radius 3 is 2.41 bits per heavy atom. The van der Waals surface area contributed by atoms with Crippen molar-refractivity contribution in [2.45, 2.75) is 25.8 Å². The van der Waals surface area contributed by atoms with Gasteiger partial charge in [0.25, 0.3) is 5.91 Å². The van der Waals surface area contributed by atoms with Crippen LogP contribution in [-0.4, -0.2) is 37.0 Å². The molecular formula is C21H24F2N2O2. The van der Waals surface area contributed by atoms with E-state index in [2.05, 4.69) is 0 Å². The number of rotatable bonds is 4. The second kappa shape index (κ2) is 8.05. The Labute approximate surface area is 157 Å². The van der Waals surface area contributed by atoms with E-state index >= 15 is 0 Å². The summed E-state index contributed by atoms with van der Waals surface area (Å²) in [6.07, 6.45) is 1.64. The minimum Gasteiger partial charge on any atom is -0.497 e. The lowest BCUT2D eigenvalue weighted by atomic mass is 9.90. The van der Waals surface area contributed by atoms with Gasteiger partial charge in [-0.3, -0.25) is 4.79 Å². The van der Waals surface area contributed by atoms with Gasteiger partial charge in [-0.25, -0.2) is 8.78 Å². The molecule has 0 bridgehead atoms. The van der Waals surface area contributed by atoms with Gasteiger partial charge in [0.1, 0.15) is 17.4 Å². The number of nitrogens with zero attached hydrogens (tertiary/aromatic N) is 1. The van der Waals surface area contributed by atoms with E-state index in [-0.39, 0.29) is 23.1 Å². The van der Waals surface area contributed by atoms with Gasteiger partial charge in [0.2, 0.25) is 0 Å². The van der Waals surface area contributed by atoms with Crippen molar-refractivity contribution in [1.82, 2.24) is 4.90 Å². The maximum Gasteiger partial charge on any atom is 0.256 e. The molecule has 2 N–H and O–H groups in total. The average molecular weight is 374 g/mol. The summed E-state index contributed by atoms with van der Waals surface area (Å²) < 4.78 is 33.8. The van der Waals surface area contributed by atoms with Gasteiger partial charge >= 0.3 is 0 Å². The van der Waals surface area contributed by atoms with Crippen LogP contribution in [0.5, 0.6) is 5.75 Å². The van der Waals surface area contributed by atoms with Gasteiger partial charge in [0.15, 0.2) is 0 Å². The van der Waals surface area contributed by atoms with E-state index in [9.17, 15) is 13.6 Å². The number of likely N-dealkylation sites (tertiary alicyclic amines) is 1. The Balaban J connectivity index is 1.78. The predicted octanol–water partition coefficient (Wildman–Crippen LogP) is 3.84. The molecule has 0 aromatic heterocycles. The van der Waals surface area contributed by atoms with Gasteiger partial charge in [-0.15, -0.1) is 0 Å². The normalized spacial score (nSPS) is 16.3. The van der Waals surface area contributed by atoms with Gasteiger partial charge < -0.3 is 15.4 Å². The van der Waals surface area contributed by atoms with Crippen LogP contribution >= 0.6 is 0 Å². The Morgan fingerprint density at radius 2 is 1.85 bits per heavy atom. The van der Waals surface area contributed by atoms with Crippen molar-refractivity contribution < 1.29 is 18.3 Å². The molecule has 2 aromatic carbocycles. The number of piperidine rings is 1. The van der Waals surface area contributed by atoms with Crippen LogP contribution in [0.2, 0.25) is 0 Å². The molecule has 1 aliphatic rings. The summed E-state index contributed by atoms with van der Waals surface area (Å²) >= 11 is 0. The standard InChI is InChI=1S/C21H24F2N2O2/c1-13(24)14-7-9-25(10-8-14)21(26)18-5-3-15(11-19(18)22)17-6-4-16(27-2)12-20(17)23/h3-6,11-14H,7-10,24H2,1-2H3. The lowest BCUT2D eigenvalue weighted by molar-refractivity contribution is 0.0676. The van der Waals surface area contributed by atoms with Gasteiger partial charge in [0, 0.05) is 30.8 Å². The first-order valence-electron chi connectivity index (χ1n) is 9.09. The number of hydrogen-bond acceptors (Lipinski definition) is 3. The maximum absolute atomic E-state index is 14.6. The van der Waals surface area contributed by atoms with Crippen molar-refractivity contribution in [3.63, 3.8) is 0 Å². The molecule has 1 saturated heterocycles. The molecule has 2 aromatic rings. The van der Waals surface area contributed by atoms with E-state index in [0.717, 1.165) is 12.8 Å². The molecule has 1 fully saturated rings. The molecule has 144 valence electrons. The van der Waals surface area contributed by atoms with E-state index in [1.165, 1.54) is 31.4 Å². The van der Waals surface area contributed by atoms with Crippen molar-refractivity contribution in [3.8, 4) is 16.9 Å². The number of benzene rings is 2. The summed E-state index contributed by atoms with van der Waals surface area (Å²) in [6.45, 7) is 3.11. The van der Waals surface area contributed by atoms with Crippen LogP contribution in [0, 0.1) is 17.6 Å². The fourth-order valence-corrected chi connectivity index (χ4v) is 3.51. The zero-order valence-corrected chi connectivity index (χ0v) is 15.5. The second-order valence-electron chi connectivity index (χ2n) is 7.03. The topological polar surface area (TPSA) is 55.6 Å². The monoisotopic (exact) mass is 374 g/mol. The largest absolute Gasteiger partial charge is 0.497 e. The maximum atomic E-state index is 14.6. The Kier molecular flexibility index (Phi) is 5.75. The van der Waals surface area contributed by atoms with Crippen LogP contribution in [-0.2, 0) is 0 Å². The molecule has 1 heterocycles. The summed E-state index contributed by atoms with van der Waals surface area (Å²) in [5.41, 5.74) is 6.56. The fourth-order valence-electron chi connectivity index (χ4n) is 3.51. The number of halogens is 2. The van der Waals surface area contributed by atoms with Crippen LogP contribution in [0.3, 0.4) is 0 Å². The Morgan fingerprint density at radius 1 is 1.15 bits per heavy atom. The van der Waals surface area contributed by atoms with E-state index in [1.54, 1.807) is 17.0 Å². The zero-order valence-electron chi connectivity index (χ0n) is 15.5. The SMILES string of the molecule is COc1ccc(-c2ccc(C(=O)N3CCC(C(C)N)CC3)c(F)c2)c(F)c1. The quantitative estimate of drug-likeness (QED) is 0.885. The average Bonchev–Trinajstić information content (AvgIpc) is 2.67. The minimum absolute atomic E-state index is 0.00640. The number of ether oxygens (including phenoxy) is 1. The molecule has 1 unspecified atom stereocenters. The van der Waals surface area contributed by atoms with Crippen LogP contribution in [0.1, 0.15) is 30.1 Å². The molecule has 3 rings (SSSR count). The molecule has 0 radical (unpaired) electrons. The molecule has 0 spiro atoms. The first-order valence-corrected chi connectivity index (χ1v) is 9.09. The zero-order chi connectivity index (χ0) is 19.6. The third kappa shape index (κ3) is 4.11. The highest BCUT2D eigenvalue weighted by Crippen LogP contribution is 2.28. The van der Waals surface area contributed by atoms with Crippen LogP contribution in [0.25, 0.3) is 11.1 Å². The van der Waals surface area contributed by atoms with E-state index in [4.69, 9.17) is 10.5 Å². The van der Waals surface area contributed by atoms with Crippen LogP contribution < -0.4 is 10.5 Å². The Hall–Kier alpha value is -2.47. The van der Waals surface area contributed by atoms with Crippen molar-refractivity contribution in [2.75, 3.05) is 20.2 Å². The number of carbonyl (C=O) groups is 1. The summed E-state index contributed by atoms with van der Waals surface area (Å²) in [4.78, 5) is 14.3. The van der Waals surface area contributed by atoms with Crippen LogP contribution in [0.4, 0.5) is 8.78 Å². The van der Waals surface area contributed by atoms with Gasteiger partial charge in [-0.05, 0) is 55.5 Å². The minimum atomic E-state index is -0.651. The highest BCUT2D eigenvalue weighted by Gasteiger charge is 2.27. The second-order valence-corrected chi connectivity index (χ2v) is 7.03. The van der Waals surface area contributed by atoms with Crippen molar-refractivity contribution in [3.05, 3.63) is 53.6 Å². The third-order valence-electron chi connectivity index (χ3n) is 5.26. The number of nitrogens with two attached hydrogens (primary N) is 1. The van der Waals surface area contributed by atoms with Crippen molar-refractivity contribution in [1.29, 1.82) is 0 Å². The molecule has 6 heteroatoms. The lowest BCUT2D eigenvalue weighted by Crippen LogP contribution is -2.42. The highest BCUT2D eigenvalue weighted by molar-refractivity contribution is 5.95. The first kappa shape index (κ1) is 19.3.